The summed E-state index contributed by atoms with van der Waals surface area (Å²) in [6.07, 6.45) is 10.7. The van der Waals surface area contributed by atoms with Crippen molar-refractivity contribution in [3.63, 3.8) is 0 Å². The number of carbonyl (C=O) groups is 1. The lowest BCUT2D eigenvalue weighted by molar-refractivity contribution is -0.139. The van der Waals surface area contributed by atoms with Crippen molar-refractivity contribution in [1.29, 1.82) is 0 Å². The molecular formula is C27H44O2. The molecule has 1 atom stereocenters. The second-order valence-corrected chi connectivity index (χ2v) is 10.7. The molecule has 1 aliphatic carbocycles. The molecule has 0 spiro atoms. The van der Waals surface area contributed by atoms with Gasteiger partial charge in [-0.3, -0.25) is 4.79 Å². The highest BCUT2D eigenvalue weighted by atomic mass is 16.5. The van der Waals surface area contributed by atoms with E-state index in [1.807, 2.05) is 38.1 Å². The average Bonchev–Trinajstić information content (AvgIpc) is 2.66. The van der Waals surface area contributed by atoms with E-state index in [0.29, 0.717) is 11.7 Å². The fourth-order valence-electron chi connectivity index (χ4n) is 3.84. The van der Waals surface area contributed by atoms with Gasteiger partial charge >= 0.3 is 5.97 Å². The second kappa shape index (κ2) is 11.6. The first kappa shape index (κ1) is 25.5. The van der Waals surface area contributed by atoms with Crippen LogP contribution in [0.2, 0.25) is 0 Å². The summed E-state index contributed by atoms with van der Waals surface area (Å²) in [6, 6.07) is 8.23. The molecule has 0 radical (unpaired) electrons. The molecule has 0 aliphatic heterocycles. The van der Waals surface area contributed by atoms with Crippen LogP contribution in [0.15, 0.2) is 36.4 Å². The van der Waals surface area contributed by atoms with Crippen molar-refractivity contribution < 1.29 is 9.53 Å². The number of hydrogen-bond acceptors (Lipinski definition) is 2. The van der Waals surface area contributed by atoms with Crippen LogP contribution in [-0.4, -0.2) is 5.97 Å². The smallest absolute Gasteiger partial charge is 0.314 e. The summed E-state index contributed by atoms with van der Waals surface area (Å²) < 4.78 is 5.64. The summed E-state index contributed by atoms with van der Waals surface area (Å²) in [4.78, 5) is 12.3. The summed E-state index contributed by atoms with van der Waals surface area (Å²) in [5.41, 5.74) is 1.82. The SMILES string of the molecule is C/C=C\C.CC(C)(C)CC(c1ccc(OC(=O)C2CCCCC2)cc1)C(C)(C)C. The molecule has 1 saturated carbocycles. The maximum Gasteiger partial charge on any atom is 0.314 e. The first-order valence-electron chi connectivity index (χ1n) is 11.4. The molecule has 1 fully saturated rings. The second-order valence-electron chi connectivity index (χ2n) is 10.7. The maximum atomic E-state index is 12.3. The van der Waals surface area contributed by atoms with Crippen LogP contribution in [-0.2, 0) is 4.79 Å². The van der Waals surface area contributed by atoms with Crippen molar-refractivity contribution >= 4 is 5.97 Å². The van der Waals surface area contributed by atoms with Gasteiger partial charge in [-0.25, -0.2) is 0 Å². The number of allylic oxidation sites excluding steroid dienone is 2. The van der Waals surface area contributed by atoms with Crippen molar-refractivity contribution in [2.75, 3.05) is 0 Å². The number of ether oxygens (including phenoxy) is 1. The monoisotopic (exact) mass is 400 g/mol. The van der Waals surface area contributed by atoms with E-state index in [1.54, 1.807) is 0 Å². The molecule has 1 aliphatic rings. The van der Waals surface area contributed by atoms with Crippen molar-refractivity contribution in [3.8, 4) is 5.75 Å². The minimum Gasteiger partial charge on any atom is -0.426 e. The highest BCUT2D eigenvalue weighted by Gasteiger charge is 2.30. The number of hydrogen-bond donors (Lipinski definition) is 0. The molecule has 1 aromatic carbocycles. The number of rotatable bonds is 4. The van der Waals surface area contributed by atoms with Crippen molar-refractivity contribution in [1.82, 2.24) is 0 Å². The highest BCUT2D eigenvalue weighted by Crippen LogP contribution is 2.43. The zero-order chi connectivity index (χ0) is 22.1. The van der Waals surface area contributed by atoms with Gasteiger partial charge in [-0.2, -0.15) is 0 Å². The molecule has 164 valence electrons. The molecule has 2 nitrogen and oxygen atoms in total. The van der Waals surface area contributed by atoms with Crippen LogP contribution >= 0.6 is 0 Å². The Balaban J connectivity index is 0.000000960. The maximum absolute atomic E-state index is 12.3. The van der Waals surface area contributed by atoms with Crippen LogP contribution in [0.1, 0.15) is 105 Å². The predicted octanol–water partition coefficient (Wildman–Crippen LogP) is 8.32. The van der Waals surface area contributed by atoms with E-state index in [0.717, 1.165) is 32.1 Å². The van der Waals surface area contributed by atoms with Crippen molar-refractivity contribution in [3.05, 3.63) is 42.0 Å². The average molecular weight is 401 g/mol. The molecule has 0 bridgehead atoms. The Labute approximate surface area is 180 Å². The van der Waals surface area contributed by atoms with Crippen LogP contribution in [0.3, 0.4) is 0 Å². The van der Waals surface area contributed by atoms with Crippen molar-refractivity contribution in [2.24, 2.45) is 16.7 Å². The minimum absolute atomic E-state index is 0.0467. The van der Waals surface area contributed by atoms with E-state index in [1.165, 1.54) is 12.0 Å². The van der Waals surface area contributed by atoms with E-state index in [2.05, 4.69) is 53.7 Å². The van der Waals surface area contributed by atoms with Crippen LogP contribution in [0.4, 0.5) is 0 Å². The van der Waals surface area contributed by atoms with Crippen LogP contribution in [0, 0.1) is 16.7 Å². The standard InChI is InChI=1S/C23H36O2.C4H8/c1-22(2,3)16-20(23(4,5)6)17-12-14-19(15-13-17)25-21(24)18-10-8-7-9-11-18;1-3-4-2/h12-15,18,20H,7-11,16H2,1-6H3;3-4H,1-2H3/b;4-3-. The van der Waals surface area contributed by atoms with Crippen LogP contribution in [0.25, 0.3) is 0 Å². The number of carbonyl (C=O) groups excluding carboxylic acids is 1. The molecule has 0 aromatic heterocycles. The summed E-state index contributed by atoms with van der Waals surface area (Å²) >= 11 is 0. The molecule has 0 amide bonds. The van der Waals surface area contributed by atoms with Gasteiger partial charge in [0.2, 0.25) is 0 Å². The lowest BCUT2D eigenvalue weighted by Gasteiger charge is -2.36. The van der Waals surface area contributed by atoms with Gasteiger partial charge in [-0.05, 0) is 67.6 Å². The summed E-state index contributed by atoms with van der Waals surface area (Å²) in [6.45, 7) is 17.8. The van der Waals surface area contributed by atoms with E-state index in [9.17, 15) is 4.79 Å². The summed E-state index contributed by atoms with van der Waals surface area (Å²) in [5, 5.41) is 0. The van der Waals surface area contributed by atoms with E-state index >= 15 is 0 Å². The van der Waals surface area contributed by atoms with Gasteiger partial charge in [0.15, 0.2) is 0 Å². The first-order valence-corrected chi connectivity index (χ1v) is 11.4. The first-order chi connectivity index (χ1) is 13.5. The van der Waals surface area contributed by atoms with Gasteiger partial charge < -0.3 is 4.74 Å². The molecular weight excluding hydrogens is 356 g/mol. The molecule has 0 heterocycles. The zero-order valence-corrected chi connectivity index (χ0v) is 20.2. The molecule has 0 saturated heterocycles. The van der Waals surface area contributed by atoms with Crippen LogP contribution < -0.4 is 4.74 Å². The zero-order valence-electron chi connectivity index (χ0n) is 20.2. The molecule has 1 aromatic rings. The van der Waals surface area contributed by atoms with E-state index in [4.69, 9.17) is 4.74 Å². The Morgan fingerprint density at radius 3 is 1.90 bits per heavy atom. The lowest BCUT2D eigenvalue weighted by Crippen LogP contribution is -2.24. The number of benzene rings is 1. The van der Waals surface area contributed by atoms with Gasteiger partial charge in [0.05, 0.1) is 5.92 Å². The van der Waals surface area contributed by atoms with E-state index in [-0.39, 0.29) is 22.7 Å². The molecule has 2 rings (SSSR count). The van der Waals surface area contributed by atoms with Crippen LogP contribution in [0.5, 0.6) is 5.75 Å². The minimum atomic E-state index is -0.0467. The molecule has 2 heteroatoms. The van der Waals surface area contributed by atoms with Gasteiger partial charge in [0, 0.05) is 0 Å². The van der Waals surface area contributed by atoms with Crippen molar-refractivity contribution in [2.45, 2.75) is 99.8 Å². The molecule has 29 heavy (non-hydrogen) atoms. The van der Waals surface area contributed by atoms with Gasteiger partial charge in [-0.1, -0.05) is 85.1 Å². The van der Waals surface area contributed by atoms with Gasteiger partial charge in [0.25, 0.3) is 0 Å². The third kappa shape index (κ3) is 9.65. The van der Waals surface area contributed by atoms with Gasteiger partial charge in [0.1, 0.15) is 5.75 Å². The number of esters is 1. The Hall–Kier alpha value is -1.57. The third-order valence-electron chi connectivity index (χ3n) is 5.63. The normalized spacial score (nSPS) is 16.8. The van der Waals surface area contributed by atoms with Gasteiger partial charge in [-0.15, -0.1) is 0 Å². The topological polar surface area (TPSA) is 26.3 Å². The summed E-state index contributed by atoms with van der Waals surface area (Å²) in [5.74, 6) is 1.21. The highest BCUT2D eigenvalue weighted by molar-refractivity contribution is 5.75. The van der Waals surface area contributed by atoms with E-state index < -0.39 is 0 Å². The largest absolute Gasteiger partial charge is 0.426 e. The Kier molecular flexibility index (Phi) is 10.2. The fraction of sp³-hybridized carbons (Fsp3) is 0.667. The summed E-state index contributed by atoms with van der Waals surface area (Å²) in [7, 11) is 0. The Bertz CT molecular complexity index is 616. The Morgan fingerprint density at radius 2 is 1.48 bits per heavy atom. The quantitative estimate of drug-likeness (QED) is 0.288. The third-order valence-corrected chi connectivity index (χ3v) is 5.63. The Morgan fingerprint density at radius 1 is 0.966 bits per heavy atom. The predicted molar refractivity (Wildman–Crippen MR) is 125 cm³/mol. The lowest BCUT2D eigenvalue weighted by atomic mass is 9.69. The molecule has 0 N–H and O–H groups in total. The molecule has 1 unspecified atom stereocenters. The fourth-order valence-corrected chi connectivity index (χ4v) is 3.84.